The maximum Gasteiger partial charge on any atom is 0.320 e. The van der Waals surface area contributed by atoms with Gasteiger partial charge in [-0.05, 0) is 18.6 Å². The minimum Gasteiger partial charge on any atom is -0.480 e. The number of hydrogen-bond donors (Lipinski definition) is 1. The summed E-state index contributed by atoms with van der Waals surface area (Å²) in [6.07, 6.45) is -0.771. The topological polar surface area (TPSA) is 80.4 Å². The molecule has 0 spiro atoms. The normalized spacial score (nSPS) is 24.6. The van der Waals surface area contributed by atoms with Crippen LogP contribution in [-0.2, 0) is 10.2 Å². The van der Waals surface area contributed by atoms with Crippen LogP contribution in [0.4, 0.5) is 14.5 Å². The minimum atomic E-state index is -3.30. The van der Waals surface area contributed by atoms with Crippen molar-refractivity contribution in [2.45, 2.75) is 24.7 Å². The summed E-state index contributed by atoms with van der Waals surface area (Å²) in [5.41, 5.74) is -2.38. The van der Waals surface area contributed by atoms with Gasteiger partial charge in [0.1, 0.15) is 0 Å². The molecule has 0 saturated heterocycles. The Bertz CT molecular complexity index is 558. The van der Waals surface area contributed by atoms with Crippen LogP contribution in [0.1, 0.15) is 17.5 Å². The van der Waals surface area contributed by atoms with E-state index in [-0.39, 0.29) is 16.8 Å². The third-order valence-electron chi connectivity index (χ3n) is 3.24. The number of benzene rings is 1. The summed E-state index contributed by atoms with van der Waals surface area (Å²) in [5, 5.41) is 19.5. The lowest BCUT2D eigenvalue weighted by molar-refractivity contribution is -0.385. The molecule has 1 aliphatic carbocycles. The number of alkyl halides is 2. The monoisotopic (exact) mass is 257 g/mol. The zero-order valence-electron chi connectivity index (χ0n) is 9.31. The van der Waals surface area contributed by atoms with Gasteiger partial charge in [-0.15, -0.1) is 0 Å². The summed E-state index contributed by atoms with van der Waals surface area (Å²) in [6, 6.07) is 3.29. The number of aliphatic carboxylic acids is 1. The summed E-state index contributed by atoms with van der Waals surface area (Å²) in [4.78, 5) is 21.0. The lowest BCUT2D eigenvalue weighted by Gasteiger charge is -2.12. The van der Waals surface area contributed by atoms with Crippen molar-refractivity contribution in [2.24, 2.45) is 0 Å². The average molecular weight is 257 g/mol. The smallest absolute Gasteiger partial charge is 0.320 e. The maximum absolute atomic E-state index is 13.3. The maximum atomic E-state index is 13.3. The Morgan fingerprint density at radius 2 is 2.06 bits per heavy atom. The van der Waals surface area contributed by atoms with Crippen LogP contribution in [0.25, 0.3) is 0 Å². The summed E-state index contributed by atoms with van der Waals surface area (Å²) in [6.45, 7) is 1.39. The molecular formula is C11H9F2NO4. The van der Waals surface area contributed by atoms with E-state index in [4.69, 9.17) is 5.11 Å². The quantitative estimate of drug-likeness (QED) is 0.665. The zero-order valence-corrected chi connectivity index (χ0v) is 9.31. The highest BCUT2D eigenvalue weighted by Crippen LogP contribution is 2.61. The standard InChI is InChI=1S/C11H9F2NO4/c1-6-4-7(2-3-8(6)14(17)18)10(9(15)16)5-11(10,12)13/h2-4H,5H2,1H3,(H,15,16). The second kappa shape index (κ2) is 3.47. The van der Waals surface area contributed by atoms with Crippen molar-refractivity contribution >= 4 is 11.7 Å². The van der Waals surface area contributed by atoms with Crippen LogP contribution in [0.5, 0.6) is 0 Å². The molecule has 0 heterocycles. The summed E-state index contributed by atoms with van der Waals surface area (Å²) < 4.78 is 26.5. The van der Waals surface area contributed by atoms with Gasteiger partial charge in [0, 0.05) is 18.1 Å². The van der Waals surface area contributed by atoms with Crippen LogP contribution in [0.15, 0.2) is 18.2 Å². The fraction of sp³-hybridized carbons (Fsp3) is 0.364. The van der Waals surface area contributed by atoms with Gasteiger partial charge in [-0.2, -0.15) is 0 Å². The number of nitrogens with zero attached hydrogens (tertiary/aromatic N) is 1. The van der Waals surface area contributed by atoms with Gasteiger partial charge in [0.2, 0.25) is 0 Å². The van der Waals surface area contributed by atoms with Crippen molar-refractivity contribution in [3.05, 3.63) is 39.4 Å². The number of carboxylic acids is 1. The van der Waals surface area contributed by atoms with Crippen LogP contribution in [0.3, 0.4) is 0 Å². The van der Waals surface area contributed by atoms with E-state index in [1.807, 2.05) is 0 Å². The Balaban J connectivity index is 2.51. The van der Waals surface area contributed by atoms with E-state index >= 15 is 0 Å². The average Bonchev–Trinajstić information content (AvgIpc) is 2.82. The van der Waals surface area contributed by atoms with E-state index in [1.165, 1.54) is 6.92 Å². The molecule has 1 unspecified atom stereocenters. The lowest BCUT2D eigenvalue weighted by atomic mass is 9.93. The molecule has 7 heteroatoms. The van der Waals surface area contributed by atoms with Crippen LogP contribution in [0, 0.1) is 17.0 Å². The number of halogens is 2. The first-order chi connectivity index (χ1) is 8.22. The molecule has 0 radical (unpaired) electrons. The van der Waals surface area contributed by atoms with Gasteiger partial charge in [0.15, 0.2) is 5.41 Å². The number of nitro benzene ring substituents is 1. The van der Waals surface area contributed by atoms with E-state index in [2.05, 4.69) is 0 Å². The van der Waals surface area contributed by atoms with E-state index in [1.54, 1.807) is 0 Å². The first kappa shape index (κ1) is 12.4. The van der Waals surface area contributed by atoms with Gasteiger partial charge in [0.25, 0.3) is 11.6 Å². The molecule has 1 atom stereocenters. The Kier molecular flexibility index (Phi) is 2.39. The van der Waals surface area contributed by atoms with Gasteiger partial charge in [-0.3, -0.25) is 14.9 Å². The van der Waals surface area contributed by atoms with Crippen LogP contribution in [0.2, 0.25) is 0 Å². The number of hydrogen-bond acceptors (Lipinski definition) is 3. The number of rotatable bonds is 3. The molecule has 2 rings (SSSR count). The van der Waals surface area contributed by atoms with Crippen molar-refractivity contribution in [3.63, 3.8) is 0 Å². The Morgan fingerprint density at radius 1 is 1.50 bits per heavy atom. The second-order valence-electron chi connectivity index (χ2n) is 4.35. The highest BCUT2D eigenvalue weighted by molar-refractivity contribution is 5.88. The molecule has 1 N–H and O–H groups in total. The number of aryl methyl sites for hydroxylation is 1. The Hall–Kier alpha value is -2.05. The molecule has 1 saturated carbocycles. The van der Waals surface area contributed by atoms with Gasteiger partial charge in [-0.25, -0.2) is 8.78 Å². The minimum absolute atomic E-state index is 0.0944. The summed E-state index contributed by atoms with van der Waals surface area (Å²) in [5.74, 6) is -4.91. The molecule has 0 aliphatic heterocycles. The van der Waals surface area contributed by atoms with E-state index < -0.39 is 28.7 Å². The summed E-state index contributed by atoms with van der Waals surface area (Å²) >= 11 is 0. The predicted octanol–water partition coefficient (Wildman–Crippen LogP) is 2.26. The molecule has 0 amide bonds. The SMILES string of the molecule is Cc1cc(C2(C(=O)O)CC2(F)F)ccc1[N+](=O)[O-]. The first-order valence-electron chi connectivity index (χ1n) is 5.09. The number of carbonyl (C=O) groups is 1. The molecule has 1 aromatic rings. The van der Waals surface area contributed by atoms with Crippen LogP contribution in [-0.4, -0.2) is 21.9 Å². The second-order valence-corrected chi connectivity index (χ2v) is 4.35. The predicted molar refractivity (Wildman–Crippen MR) is 56.7 cm³/mol. The van der Waals surface area contributed by atoms with Crippen molar-refractivity contribution < 1.29 is 23.6 Å². The van der Waals surface area contributed by atoms with Gasteiger partial charge in [0.05, 0.1) is 4.92 Å². The first-order valence-corrected chi connectivity index (χ1v) is 5.09. The number of nitro groups is 1. The molecule has 96 valence electrons. The van der Waals surface area contributed by atoms with Crippen molar-refractivity contribution in [2.75, 3.05) is 0 Å². The molecule has 0 aromatic heterocycles. The summed E-state index contributed by atoms with van der Waals surface area (Å²) in [7, 11) is 0. The molecule has 18 heavy (non-hydrogen) atoms. The molecule has 0 bridgehead atoms. The third kappa shape index (κ3) is 1.47. The molecular weight excluding hydrogens is 248 g/mol. The van der Waals surface area contributed by atoms with Crippen LogP contribution >= 0.6 is 0 Å². The fourth-order valence-corrected chi connectivity index (χ4v) is 2.08. The molecule has 1 aromatic carbocycles. The highest BCUT2D eigenvalue weighted by atomic mass is 19.3. The van der Waals surface area contributed by atoms with Gasteiger partial charge >= 0.3 is 5.97 Å². The van der Waals surface area contributed by atoms with Gasteiger partial charge < -0.3 is 5.11 Å². The van der Waals surface area contributed by atoms with E-state index in [0.29, 0.717) is 0 Å². The van der Waals surface area contributed by atoms with Crippen molar-refractivity contribution in [1.82, 2.24) is 0 Å². The van der Waals surface area contributed by atoms with E-state index in [0.717, 1.165) is 18.2 Å². The Labute approximate surface area is 100 Å². The van der Waals surface area contributed by atoms with Crippen molar-refractivity contribution in [3.8, 4) is 0 Å². The molecule has 1 fully saturated rings. The third-order valence-corrected chi connectivity index (χ3v) is 3.24. The number of carboxylic acid groups (broad SMARTS) is 1. The zero-order chi connectivity index (χ0) is 13.7. The Morgan fingerprint density at radius 3 is 2.39 bits per heavy atom. The van der Waals surface area contributed by atoms with Crippen LogP contribution < -0.4 is 0 Å². The molecule has 1 aliphatic rings. The largest absolute Gasteiger partial charge is 0.480 e. The van der Waals surface area contributed by atoms with E-state index in [9.17, 15) is 23.7 Å². The van der Waals surface area contributed by atoms with Gasteiger partial charge in [-0.1, -0.05) is 6.07 Å². The highest BCUT2D eigenvalue weighted by Gasteiger charge is 2.77. The lowest BCUT2D eigenvalue weighted by Crippen LogP contribution is -2.27. The van der Waals surface area contributed by atoms with Crippen molar-refractivity contribution in [1.29, 1.82) is 0 Å². The fourth-order valence-electron chi connectivity index (χ4n) is 2.08. The molecule has 5 nitrogen and oxygen atoms in total.